The van der Waals surface area contributed by atoms with Crippen molar-refractivity contribution in [2.45, 2.75) is 29.4 Å². The van der Waals surface area contributed by atoms with Crippen molar-refractivity contribution in [3.05, 3.63) is 89.7 Å². The number of likely N-dealkylation sites (tertiary alicyclic amines) is 1. The van der Waals surface area contributed by atoms with Gasteiger partial charge in [-0.25, -0.2) is 13.2 Å². The summed E-state index contributed by atoms with van der Waals surface area (Å²) >= 11 is 1.80. The standard InChI is InChI=1S/C25H22F3NOS/c26-20-14-19(25(28)23(27)16-20)15-24(30)29-12-10-22(11-13-29)31-21-8-6-18(7-9-21)17-4-2-1-3-5-17/h1-9,14,16,22H,10-13,15H2. The van der Waals surface area contributed by atoms with E-state index in [0.29, 0.717) is 24.4 Å². The molecule has 0 aliphatic carbocycles. The zero-order valence-electron chi connectivity index (χ0n) is 16.9. The lowest BCUT2D eigenvalue weighted by atomic mass is 10.1. The van der Waals surface area contributed by atoms with Crippen LogP contribution in [0.4, 0.5) is 13.2 Å². The minimum Gasteiger partial charge on any atom is -0.342 e. The van der Waals surface area contributed by atoms with Crippen molar-refractivity contribution in [2.24, 2.45) is 0 Å². The lowest BCUT2D eigenvalue weighted by molar-refractivity contribution is -0.131. The van der Waals surface area contributed by atoms with Crippen molar-refractivity contribution in [1.29, 1.82) is 0 Å². The molecule has 0 bridgehead atoms. The van der Waals surface area contributed by atoms with Crippen molar-refractivity contribution < 1.29 is 18.0 Å². The van der Waals surface area contributed by atoms with E-state index in [1.807, 2.05) is 18.2 Å². The molecule has 6 heteroatoms. The van der Waals surface area contributed by atoms with Gasteiger partial charge in [0.2, 0.25) is 5.91 Å². The lowest BCUT2D eigenvalue weighted by Crippen LogP contribution is -2.40. The number of nitrogens with zero attached hydrogens (tertiary/aromatic N) is 1. The van der Waals surface area contributed by atoms with Crippen LogP contribution >= 0.6 is 11.8 Å². The summed E-state index contributed by atoms with van der Waals surface area (Å²) in [6, 6.07) is 20.0. The van der Waals surface area contributed by atoms with Crippen molar-refractivity contribution in [3.63, 3.8) is 0 Å². The number of benzene rings is 3. The van der Waals surface area contributed by atoms with Crippen LogP contribution in [0.3, 0.4) is 0 Å². The van der Waals surface area contributed by atoms with Crippen LogP contribution in [0.1, 0.15) is 18.4 Å². The van der Waals surface area contributed by atoms with Crippen LogP contribution in [0, 0.1) is 17.5 Å². The molecule has 0 spiro atoms. The van der Waals surface area contributed by atoms with Crippen molar-refractivity contribution >= 4 is 17.7 Å². The molecule has 0 saturated carbocycles. The van der Waals surface area contributed by atoms with E-state index in [9.17, 15) is 18.0 Å². The molecule has 0 N–H and O–H groups in total. The van der Waals surface area contributed by atoms with E-state index in [2.05, 4.69) is 36.4 Å². The normalized spacial score (nSPS) is 14.6. The zero-order chi connectivity index (χ0) is 21.8. The summed E-state index contributed by atoms with van der Waals surface area (Å²) < 4.78 is 40.6. The van der Waals surface area contributed by atoms with Crippen LogP contribution in [0.15, 0.2) is 71.6 Å². The average Bonchev–Trinajstić information content (AvgIpc) is 2.79. The third-order valence-electron chi connectivity index (χ3n) is 5.47. The molecule has 0 unspecified atom stereocenters. The molecular formula is C25H22F3NOS. The van der Waals surface area contributed by atoms with E-state index in [0.717, 1.165) is 18.9 Å². The van der Waals surface area contributed by atoms with Crippen LogP contribution < -0.4 is 0 Å². The molecule has 0 atom stereocenters. The highest BCUT2D eigenvalue weighted by Crippen LogP contribution is 2.32. The molecule has 160 valence electrons. The van der Waals surface area contributed by atoms with Gasteiger partial charge in [-0.3, -0.25) is 4.79 Å². The van der Waals surface area contributed by atoms with Gasteiger partial charge in [0.05, 0.1) is 6.42 Å². The van der Waals surface area contributed by atoms with Gasteiger partial charge in [-0.2, -0.15) is 0 Å². The number of thioether (sulfide) groups is 1. The predicted molar refractivity (Wildman–Crippen MR) is 117 cm³/mol. The Bertz CT molecular complexity index is 1050. The maximum Gasteiger partial charge on any atom is 0.227 e. The molecule has 0 radical (unpaired) electrons. The first kappa shape index (κ1) is 21.5. The second-order valence-corrected chi connectivity index (χ2v) is 9.00. The summed E-state index contributed by atoms with van der Waals surface area (Å²) in [6.07, 6.45) is 1.30. The molecule has 1 amide bonds. The van der Waals surface area contributed by atoms with Gasteiger partial charge in [0.15, 0.2) is 11.6 Å². The highest BCUT2D eigenvalue weighted by molar-refractivity contribution is 8.00. The first-order chi connectivity index (χ1) is 15.0. The first-order valence-corrected chi connectivity index (χ1v) is 11.1. The second-order valence-electron chi connectivity index (χ2n) is 7.63. The SMILES string of the molecule is O=C(Cc1cc(F)cc(F)c1F)N1CCC(Sc2ccc(-c3ccccc3)cc2)CC1. The quantitative estimate of drug-likeness (QED) is 0.446. The zero-order valence-corrected chi connectivity index (χ0v) is 17.7. The van der Waals surface area contributed by atoms with Gasteiger partial charge < -0.3 is 4.90 Å². The van der Waals surface area contributed by atoms with Gasteiger partial charge >= 0.3 is 0 Å². The van der Waals surface area contributed by atoms with E-state index in [4.69, 9.17) is 0 Å². The number of carbonyl (C=O) groups excluding carboxylic acids is 1. The van der Waals surface area contributed by atoms with E-state index in [1.165, 1.54) is 16.0 Å². The van der Waals surface area contributed by atoms with Crippen LogP contribution in [0.2, 0.25) is 0 Å². The number of amides is 1. The molecule has 1 aliphatic heterocycles. The second kappa shape index (κ2) is 9.60. The van der Waals surface area contributed by atoms with Gasteiger partial charge in [0, 0.05) is 34.9 Å². The fourth-order valence-electron chi connectivity index (χ4n) is 3.78. The maximum absolute atomic E-state index is 13.8. The summed E-state index contributed by atoms with van der Waals surface area (Å²) in [5.74, 6) is -3.61. The molecule has 3 aromatic rings. The molecule has 0 aromatic heterocycles. The molecule has 1 heterocycles. The van der Waals surface area contributed by atoms with Gasteiger partial charge in [0.25, 0.3) is 0 Å². The maximum atomic E-state index is 13.8. The summed E-state index contributed by atoms with van der Waals surface area (Å²) in [5, 5.41) is 0.384. The third kappa shape index (κ3) is 5.31. The highest BCUT2D eigenvalue weighted by Gasteiger charge is 2.25. The largest absolute Gasteiger partial charge is 0.342 e. The van der Waals surface area contributed by atoms with Gasteiger partial charge in [0.1, 0.15) is 5.82 Å². The smallest absolute Gasteiger partial charge is 0.227 e. The Morgan fingerprint density at radius 1 is 0.903 bits per heavy atom. The van der Waals surface area contributed by atoms with Gasteiger partial charge in [-0.05, 0) is 42.2 Å². The fourth-order valence-corrected chi connectivity index (χ4v) is 4.91. The van der Waals surface area contributed by atoms with E-state index in [1.54, 1.807) is 16.7 Å². The third-order valence-corrected chi connectivity index (χ3v) is 6.82. The average molecular weight is 442 g/mol. The molecular weight excluding hydrogens is 419 g/mol. The molecule has 31 heavy (non-hydrogen) atoms. The van der Waals surface area contributed by atoms with Crippen LogP contribution in [0.5, 0.6) is 0 Å². The Hall–Kier alpha value is -2.73. The van der Waals surface area contributed by atoms with Crippen molar-refractivity contribution in [3.8, 4) is 11.1 Å². The molecule has 1 aliphatic rings. The molecule has 1 saturated heterocycles. The van der Waals surface area contributed by atoms with Crippen LogP contribution in [-0.2, 0) is 11.2 Å². The Morgan fingerprint density at radius 3 is 2.23 bits per heavy atom. The number of hydrogen-bond donors (Lipinski definition) is 0. The fraction of sp³-hybridized carbons (Fsp3) is 0.240. The molecule has 1 fully saturated rings. The Morgan fingerprint density at radius 2 is 1.55 bits per heavy atom. The van der Waals surface area contributed by atoms with Gasteiger partial charge in [-0.15, -0.1) is 11.8 Å². The summed E-state index contributed by atoms with van der Waals surface area (Å²) in [5.41, 5.74) is 2.12. The van der Waals surface area contributed by atoms with Crippen molar-refractivity contribution in [1.82, 2.24) is 4.90 Å². The number of piperidine rings is 1. The Labute approximate surface area is 184 Å². The van der Waals surface area contributed by atoms with E-state index in [-0.39, 0.29) is 17.9 Å². The van der Waals surface area contributed by atoms with Crippen LogP contribution in [-0.4, -0.2) is 29.1 Å². The topological polar surface area (TPSA) is 20.3 Å². The summed E-state index contributed by atoms with van der Waals surface area (Å²) in [7, 11) is 0. The van der Waals surface area contributed by atoms with E-state index >= 15 is 0 Å². The first-order valence-electron chi connectivity index (χ1n) is 10.2. The summed E-state index contributed by atoms with van der Waals surface area (Å²) in [4.78, 5) is 15.3. The lowest BCUT2D eigenvalue weighted by Gasteiger charge is -2.32. The highest BCUT2D eigenvalue weighted by atomic mass is 32.2. The number of carbonyl (C=O) groups is 1. The van der Waals surface area contributed by atoms with Crippen molar-refractivity contribution in [2.75, 3.05) is 13.1 Å². The molecule has 4 rings (SSSR count). The molecule has 2 nitrogen and oxygen atoms in total. The van der Waals surface area contributed by atoms with Gasteiger partial charge in [-0.1, -0.05) is 42.5 Å². The molecule has 3 aromatic carbocycles. The number of rotatable bonds is 5. The monoisotopic (exact) mass is 441 g/mol. The number of halogens is 3. The Balaban J connectivity index is 1.30. The minimum absolute atomic E-state index is 0.238. The predicted octanol–water partition coefficient (Wildman–Crippen LogP) is 6.10. The Kier molecular flexibility index (Phi) is 6.66. The minimum atomic E-state index is -1.27. The number of hydrogen-bond acceptors (Lipinski definition) is 2. The van der Waals surface area contributed by atoms with Crippen LogP contribution in [0.25, 0.3) is 11.1 Å². The summed E-state index contributed by atoms with van der Waals surface area (Å²) in [6.45, 7) is 1.11. The van der Waals surface area contributed by atoms with E-state index < -0.39 is 17.5 Å².